The molecule has 5 aliphatic rings. The predicted molar refractivity (Wildman–Crippen MR) is 100.0 cm³/mol. The first kappa shape index (κ1) is 17.6. The highest BCUT2D eigenvalue weighted by Crippen LogP contribution is 2.46. The van der Waals surface area contributed by atoms with Gasteiger partial charge >= 0.3 is 0 Å². The second kappa shape index (κ2) is 7.15. The Morgan fingerprint density at radius 1 is 1.04 bits per heavy atom. The number of carbonyl (C=O) groups excluding carboxylic acids is 1. The van der Waals surface area contributed by atoms with Gasteiger partial charge in [-0.3, -0.25) is 14.6 Å². The molecule has 5 heterocycles. The molecule has 1 aromatic rings. The number of carbonyl (C=O) groups is 1. The number of rotatable bonds is 3. The Kier molecular flexibility index (Phi) is 4.66. The fourth-order valence-electron chi connectivity index (χ4n) is 5.75. The fourth-order valence-corrected chi connectivity index (χ4v) is 5.75. The second-order valence-electron chi connectivity index (χ2n) is 8.45. The number of nitrogens with zero attached hydrogens (tertiary/aromatic N) is 3. The molecule has 27 heavy (non-hydrogen) atoms. The van der Waals surface area contributed by atoms with E-state index in [-0.39, 0.29) is 17.6 Å². The molecule has 6 rings (SSSR count). The number of ether oxygens (including phenoxy) is 1. The number of fused-ring (bicyclic) bond motifs is 2. The SMILES string of the molecule is O=C(CN1CCOCC1)N1C[C@@H](c2ccc(F)cc2)[C@@H]2[C@H]1C1CCN2CC1. The minimum atomic E-state index is -0.195. The number of likely N-dealkylation sites (tertiary alicyclic amines) is 1. The van der Waals surface area contributed by atoms with Crippen molar-refractivity contribution in [1.82, 2.24) is 14.7 Å². The van der Waals surface area contributed by atoms with E-state index in [0.717, 1.165) is 32.7 Å². The zero-order valence-electron chi connectivity index (χ0n) is 15.7. The van der Waals surface area contributed by atoms with E-state index in [9.17, 15) is 9.18 Å². The van der Waals surface area contributed by atoms with Crippen LogP contribution in [0.5, 0.6) is 0 Å². The molecule has 5 aliphatic heterocycles. The summed E-state index contributed by atoms with van der Waals surface area (Å²) < 4.78 is 18.8. The van der Waals surface area contributed by atoms with Crippen molar-refractivity contribution in [2.24, 2.45) is 5.92 Å². The van der Waals surface area contributed by atoms with E-state index in [2.05, 4.69) is 14.7 Å². The van der Waals surface area contributed by atoms with Gasteiger partial charge in [0.2, 0.25) is 5.91 Å². The summed E-state index contributed by atoms with van der Waals surface area (Å²) in [6, 6.07) is 7.64. The molecule has 0 aliphatic carbocycles. The van der Waals surface area contributed by atoms with E-state index >= 15 is 0 Å². The van der Waals surface area contributed by atoms with Crippen LogP contribution in [0.4, 0.5) is 4.39 Å². The van der Waals surface area contributed by atoms with Crippen LogP contribution in [0.1, 0.15) is 24.3 Å². The van der Waals surface area contributed by atoms with Gasteiger partial charge in [0.25, 0.3) is 0 Å². The number of piperidine rings is 3. The lowest BCUT2D eigenvalue weighted by atomic mass is 9.75. The molecule has 0 N–H and O–H groups in total. The van der Waals surface area contributed by atoms with Gasteiger partial charge < -0.3 is 9.64 Å². The molecule has 0 aromatic heterocycles. The molecule has 0 unspecified atom stereocenters. The minimum Gasteiger partial charge on any atom is -0.379 e. The third kappa shape index (κ3) is 3.18. The van der Waals surface area contributed by atoms with E-state index in [4.69, 9.17) is 4.74 Å². The molecule has 2 bridgehead atoms. The zero-order valence-corrected chi connectivity index (χ0v) is 15.7. The monoisotopic (exact) mass is 373 g/mol. The molecular formula is C21H28FN3O2. The van der Waals surface area contributed by atoms with E-state index in [0.29, 0.717) is 37.8 Å². The average Bonchev–Trinajstić information content (AvgIpc) is 3.13. The lowest BCUT2D eigenvalue weighted by Crippen LogP contribution is -2.61. The Morgan fingerprint density at radius 2 is 1.74 bits per heavy atom. The van der Waals surface area contributed by atoms with Crippen LogP contribution < -0.4 is 0 Å². The molecule has 5 saturated heterocycles. The number of benzene rings is 1. The fraction of sp³-hybridized carbons (Fsp3) is 0.667. The number of hydrogen-bond acceptors (Lipinski definition) is 4. The van der Waals surface area contributed by atoms with Crippen molar-refractivity contribution in [2.45, 2.75) is 30.8 Å². The van der Waals surface area contributed by atoms with Crippen LogP contribution in [0, 0.1) is 11.7 Å². The van der Waals surface area contributed by atoms with Gasteiger partial charge in [-0.05, 0) is 49.5 Å². The molecule has 146 valence electrons. The normalized spacial score (nSPS) is 36.0. The summed E-state index contributed by atoms with van der Waals surface area (Å²) in [4.78, 5) is 20.2. The largest absolute Gasteiger partial charge is 0.379 e. The van der Waals surface area contributed by atoms with Crippen LogP contribution in [0.25, 0.3) is 0 Å². The molecule has 1 amide bonds. The van der Waals surface area contributed by atoms with Crippen LogP contribution >= 0.6 is 0 Å². The Bertz CT molecular complexity index is 683. The van der Waals surface area contributed by atoms with Crippen LogP contribution in [-0.2, 0) is 9.53 Å². The molecule has 1 aromatic carbocycles. The minimum absolute atomic E-state index is 0.195. The first-order valence-electron chi connectivity index (χ1n) is 10.3. The van der Waals surface area contributed by atoms with Gasteiger partial charge in [-0.25, -0.2) is 4.39 Å². The van der Waals surface area contributed by atoms with Crippen LogP contribution in [0.2, 0.25) is 0 Å². The number of halogens is 1. The van der Waals surface area contributed by atoms with E-state index in [1.807, 2.05) is 12.1 Å². The van der Waals surface area contributed by atoms with E-state index in [1.54, 1.807) is 12.1 Å². The summed E-state index contributed by atoms with van der Waals surface area (Å²) in [5, 5.41) is 0. The molecule has 5 fully saturated rings. The highest BCUT2D eigenvalue weighted by Gasteiger charge is 2.54. The maximum absolute atomic E-state index is 13.4. The van der Waals surface area contributed by atoms with Crippen molar-refractivity contribution in [3.63, 3.8) is 0 Å². The maximum atomic E-state index is 13.4. The summed E-state index contributed by atoms with van der Waals surface area (Å²) in [6.45, 7) is 6.63. The predicted octanol–water partition coefficient (Wildman–Crippen LogP) is 1.55. The lowest BCUT2D eigenvalue weighted by molar-refractivity contribution is -0.138. The van der Waals surface area contributed by atoms with E-state index < -0.39 is 0 Å². The standard InChI is InChI=1S/C21H28FN3O2/c22-17-3-1-15(2-4-17)18-13-25(19(26)14-23-9-11-27-12-10-23)20-16-5-7-24(8-6-16)21(18)20/h1-4,16,18,20-21H,5-14H2/t18-,20+,21+/m0/s1. The van der Waals surface area contributed by atoms with Crippen LogP contribution in [-0.4, -0.2) is 85.2 Å². The quantitative estimate of drug-likeness (QED) is 0.806. The first-order chi connectivity index (χ1) is 13.2. The molecule has 3 atom stereocenters. The van der Waals surface area contributed by atoms with Gasteiger partial charge in [0, 0.05) is 31.6 Å². The van der Waals surface area contributed by atoms with Crippen molar-refractivity contribution >= 4 is 5.91 Å². The molecule has 0 spiro atoms. The summed E-state index contributed by atoms with van der Waals surface area (Å²) in [5.41, 5.74) is 1.17. The number of amides is 1. The molecular weight excluding hydrogens is 345 g/mol. The zero-order chi connectivity index (χ0) is 18.4. The van der Waals surface area contributed by atoms with Crippen LogP contribution in [0.15, 0.2) is 24.3 Å². The Hall–Kier alpha value is -1.50. The Balaban J connectivity index is 1.40. The highest BCUT2D eigenvalue weighted by atomic mass is 19.1. The molecule has 0 saturated carbocycles. The van der Waals surface area contributed by atoms with Gasteiger partial charge in [-0.15, -0.1) is 0 Å². The van der Waals surface area contributed by atoms with Gasteiger partial charge in [-0.2, -0.15) is 0 Å². The average molecular weight is 373 g/mol. The first-order valence-corrected chi connectivity index (χ1v) is 10.3. The Labute approximate surface area is 160 Å². The molecule has 6 heteroatoms. The maximum Gasteiger partial charge on any atom is 0.237 e. The van der Waals surface area contributed by atoms with E-state index in [1.165, 1.54) is 18.4 Å². The van der Waals surface area contributed by atoms with Gasteiger partial charge in [0.05, 0.1) is 25.8 Å². The van der Waals surface area contributed by atoms with Crippen LogP contribution in [0.3, 0.4) is 0 Å². The van der Waals surface area contributed by atoms with Crippen molar-refractivity contribution in [1.29, 1.82) is 0 Å². The molecule has 0 radical (unpaired) electrons. The van der Waals surface area contributed by atoms with Crippen molar-refractivity contribution in [3.8, 4) is 0 Å². The summed E-state index contributed by atoms with van der Waals surface area (Å²) in [6.07, 6.45) is 2.39. The van der Waals surface area contributed by atoms with Gasteiger partial charge in [-0.1, -0.05) is 12.1 Å². The third-order valence-corrected chi connectivity index (χ3v) is 7.08. The highest BCUT2D eigenvalue weighted by molar-refractivity contribution is 5.79. The van der Waals surface area contributed by atoms with Gasteiger partial charge in [0.15, 0.2) is 0 Å². The van der Waals surface area contributed by atoms with Crippen molar-refractivity contribution in [2.75, 3.05) is 52.5 Å². The topological polar surface area (TPSA) is 36.0 Å². The summed E-state index contributed by atoms with van der Waals surface area (Å²) >= 11 is 0. The third-order valence-electron chi connectivity index (χ3n) is 7.08. The number of morpholine rings is 1. The number of hydrogen-bond donors (Lipinski definition) is 0. The summed E-state index contributed by atoms with van der Waals surface area (Å²) in [5.74, 6) is 0.954. The van der Waals surface area contributed by atoms with Crippen molar-refractivity contribution in [3.05, 3.63) is 35.6 Å². The smallest absolute Gasteiger partial charge is 0.237 e. The molecule has 5 nitrogen and oxygen atoms in total. The lowest BCUT2D eigenvalue weighted by Gasteiger charge is -2.51. The van der Waals surface area contributed by atoms with Crippen molar-refractivity contribution < 1.29 is 13.9 Å². The second-order valence-corrected chi connectivity index (χ2v) is 8.45. The van der Waals surface area contributed by atoms with Gasteiger partial charge in [0.1, 0.15) is 5.82 Å². The Morgan fingerprint density at radius 3 is 2.44 bits per heavy atom. The summed E-state index contributed by atoms with van der Waals surface area (Å²) in [7, 11) is 0.